The summed E-state index contributed by atoms with van der Waals surface area (Å²) < 4.78 is 0.674. The Kier molecular flexibility index (Phi) is 3.82. The summed E-state index contributed by atoms with van der Waals surface area (Å²) in [5.41, 5.74) is 0. The topological polar surface area (TPSA) is 37.3 Å². The molecule has 0 saturated heterocycles. The highest BCUT2D eigenvalue weighted by Gasteiger charge is 2.09. The van der Waals surface area contributed by atoms with Crippen molar-refractivity contribution in [2.45, 2.75) is 12.8 Å². The van der Waals surface area contributed by atoms with E-state index < -0.39 is 5.97 Å². The van der Waals surface area contributed by atoms with Gasteiger partial charge in [0, 0.05) is 6.42 Å². The molecule has 0 amide bonds. The van der Waals surface area contributed by atoms with Gasteiger partial charge >= 0.3 is 5.97 Å². The molecule has 0 heterocycles. The first-order valence-corrected chi connectivity index (χ1v) is 3.66. The molecule has 0 aromatic rings. The Morgan fingerprint density at radius 2 is 2.18 bits per heavy atom. The third-order valence-corrected chi connectivity index (χ3v) is 1.62. The molecular formula is C8H16NO2+. The predicted octanol–water partition coefficient (Wildman–Crippen LogP) is 1.07. The monoisotopic (exact) mass is 158 g/mol. The first-order valence-electron chi connectivity index (χ1n) is 3.66. The van der Waals surface area contributed by atoms with Gasteiger partial charge in [-0.1, -0.05) is 0 Å². The van der Waals surface area contributed by atoms with Crippen LogP contribution >= 0.6 is 0 Å². The average molecular weight is 158 g/mol. The summed E-state index contributed by atoms with van der Waals surface area (Å²) in [6.45, 7) is 4.48. The van der Waals surface area contributed by atoms with Crippen molar-refractivity contribution in [3.05, 3.63) is 12.8 Å². The van der Waals surface area contributed by atoms with Crippen molar-refractivity contribution in [3.63, 3.8) is 0 Å². The SMILES string of the molecule is C=C[N+](C)(C)CCCC(=O)O. The summed E-state index contributed by atoms with van der Waals surface area (Å²) in [5.74, 6) is -0.728. The van der Waals surface area contributed by atoms with E-state index in [9.17, 15) is 4.79 Å². The molecule has 0 bridgehead atoms. The van der Waals surface area contributed by atoms with E-state index in [1.54, 1.807) is 0 Å². The van der Waals surface area contributed by atoms with E-state index in [-0.39, 0.29) is 6.42 Å². The highest BCUT2D eigenvalue weighted by molar-refractivity contribution is 5.66. The standard InChI is InChI=1S/C8H15NO2/c1-4-9(2,3)7-5-6-8(10)11/h4H,1,5-7H2,2-3H3/p+1. The number of carboxylic acid groups (broad SMARTS) is 1. The lowest BCUT2D eigenvalue weighted by atomic mass is 10.3. The molecule has 64 valence electrons. The van der Waals surface area contributed by atoms with Gasteiger partial charge in [-0.2, -0.15) is 0 Å². The molecule has 0 spiro atoms. The van der Waals surface area contributed by atoms with Crippen LogP contribution in [0.4, 0.5) is 0 Å². The molecule has 3 heteroatoms. The summed E-state index contributed by atoms with van der Waals surface area (Å²) in [6.07, 6.45) is 2.76. The van der Waals surface area contributed by atoms with Gasteiger partial charge in [-0.15, -0.1) is 0 Å². The Morgan fingerprint density at radius 1 is 1.64 bits per heavy atom. The van der Waals surface area contributed by atoms with Gasteiger partial charge in [0.1, 0.15) is 0 Å². The zero-order valence-electron chi connectivity index (χ0n) is 7.21. The molecule has 0 saturated carbocycles. The third kappa shape index (κ3) is 5.61. The van der Waals surface area contributed by atoms with Crippen molar-refractivity contribution in [2.75, 3.05) is 20.6 Å². The molecule has 0 fully saturated rings. The average Bonchev–Trinajstić information content (AvgIpc) is 1.87. The summed E-state index contributed by atoms with van der Waals surface area (Å²) in [7, 11) is 3.99. The van der Waals surface area contributed by atoms with Gasteiger partial charge in [-0.05, 0) is 6.58 Å². The molecule has 0 aliphatic carbocycles. The largest absolute Gasteiger partial charge is 0.481 e. The van der Waals surface area contributed by atoms with Gasteiger partial charge in [-0.25, -0.2) is 0 Å². The van der Waals surface area contributed by atoms with Crippen molar-refractivity contribution < 1.29 is 14.4 Å². The molecule has 11 heavy (non-hydrogen) atoms. The summed E-state index contributed by atoms with van der Waals surface area (Å²) >= 11 is 0. The van der Waals surface area contributed by atoms with Crippen LogP contribution < -0.4 is 0 Å². The zero-order chi connectivity index (χ0) is 8.91. The molecule has 0 radical (unpaired) electrons. The maximum Gasteiger partial charge on any atom is 0.303 e. The number of hydrogen-bond acceptors (Lipinski definition) is 1. The lowest BCUT2D eigenvalue weighted by molar-refractivity contribution is -0.838. The highest BCUT2D eigenvalue weighted by atomic mass is 16.4. The van der Waals surface area contributed by atoms with Gasteiger partial charge < -0.3 is 9.59 Å². The van der Waals surface area contributed by atoms with Crippen LogP contribution in [0.2, 0.25) is 0 Å². The molecule has 0 rings (SSSR count). The number of quaternary nitrogens is 1. The van der Waals surface area contributed by atoms with Crippen molar-refractivity contribution in [1.29, 1.82) is 0 Å². The second-order valence-electron chi connectivity index (χ2n) is 3.18. The van der Waals surface area contributed by atoms with Crippen LogP contribution in [0, 0.1) is 0 Å². The smallest absolute Gasteiger partial charge is 0.303 e. The highest BCUT2D eigenvalue weighted by Crippen LogP contribution is 2.01. The fourth-order valence-corrected chi connectivity index (χ4v) is 0.729. The minimum Gasteiger partial charge on any atom is -0.481 e. The van der Waals surface area contributed by atoms with Gasteiger partial charge in [0.25, 0.3) is 0 Å². The van der Waals surface area contributed by atoms with Crippen molar-refractivity contribution >= 4 is 5.97 Å². The maximum atomic E-state index is 10.1. The van der Waals surface area contributed by atoms with Crippen LogP contribution in [0.1, 0.15) is 12.8 Å². The second-order valence-corrected chi connectivity index (χ2v) is 3.18. The zero-order valence-corrected chi connectivity index (χ0v) is 7.21. The normalized spacial score (nSPS) is 11.1. The van der Waals surface area contributed by atoms with Gasteiger partial charge in [0.05, 0.1) is 33.3 Å². The number of rotatable bonds is 5. The van der Waals surface area contributed by atoms with E-state index >= 15 is 0 Å². The van der Waals surface area contributed by atoms with Gasteiger partial charge in [0.15, 0.2) is 0 Å². The van der Waals surface area contributed by atoms with E-state index in [0.29, 0.717) is 10.9 Å². The Morgan fingerprint density at radius 3 is 2.55 bits per heavy atom. The molecule has 0 unspecified atom stereocenters. The van der Waals surface area contributed by atoms with Crippen LogP contribution in [-0.2, 0) is 4.79 Å². The Bertz CT molecular complexity index is 152. The van der Waals surface area contributed by atoms with Gasteiger partial charge in [-0.3, -0.25) is 4.79 Å². The Hall–Kier alpha value is -0.830. The van der Waals surface area contributed by atoms with Crippen LogP contribution in [0.5, 0.6) is 0 Å². The molecule has 0 atom stereocenters. The van der Waals surface area contributed by atoms with Crippen molar-refractivity contribution in [2.24, 2.45) is 0 Å². The van der Waals surface area contributed by atoms with E-state index in [2.05, 4.69) is 6.58 Å². The van der Waals surface area contributed by atoms with E-state index in [1.165, 1.54) is 0 Å². The van der Waals surface area contributed by atoms with E-state index in [0.717, 1.165) is 6.54 Å². The maximum absolute atomic E-state index is 10.1. The Labute approximate surface area is 67.5 Å². The van der Waals surface area contributed by atoms with Crippen molar-refractivity contribution in [1.82, 2.24) is 0 Å². The third-order valence-electron chi connectivity index (χ3n) is 1.62. The molecule has 0 aromatic carbocycles. The number of carboxylic acids is 1. The van der Waals surface area contributed by atoms with Crippen LogP contribution in [-0.4, -0.2) is 36.2 Å². The van der Waals surface area contributed by atoms with E-state index in [4.69, 9.17) is 5.11 Å². The van der Waals surface area contributed by atoms with Crippen molar-refractivity contribution in [3.8, 4) is 0 Å². The van der Waals surface area contributed by atoms with Crippen LogP contribution in [0.25, 0.3) is 0 Å². The first-order chi connectivity index (χ1) is 4.98. The molecular weight excluding hydrogens is 142 g/mol. The van der Waals surface area contributed by atoms with E-state index in [1.807, 2.05) is 20.3 Å². The number of carbonyl (C=O) groups is 1. The van der Waals surface area contributed by atoms with Gasteiger partial charge in [0.2, 0.25) is 0 Å². The number of hydrogen-bond donors (Lipinski definition) is 1. The fourth-order valence-electron chi connectivity index (χ4n) is 0.729. The lowest BCUT2D eigenvalue weighted by Gasteiger charge is -2.23. The van der Waals surface area contributed by atoms with Crippen LogP contribution in [0.3, 0.4) is 0 Å². The minimum atomic E-state index is -0.728. The Balaban J connectivity index is 3.53. The minimum absolute atomic E-state index is 0.246. The lowest BCUT2D eigenvalue weighted by Crippen LogP contribution is -2.33. The molecule has 0 aliphatic rings. The number of nitrogens with zero attached hydrogens (tertiary/aromatic N) is 1. The molecule has 0 aromatic heterocycles. The second kappa shape index (κ2) is 4.13. The fraction of sp³-hybridized carbons (Fsp3) is 0.625. The molecule has 3 nitrogen and oxygen atoms in total. The predicted molar refractivity (Wildman–Crippen MR) is 44.0 cm³/mol. The molecule has 1 N–H and O–H groups in total. The number of aliphatic carboxylic acids is 1. The summed E-state index contributed by atoms with van der Waals surface area (Å²) in [4.78, 5) is 10.1. The first kappa shape index (κ1) is 10.2. The summed E-state index contributed by atoms with van der Waals surface area (Å²) in [5, 5.41) is 8.35. The quantitative estimate of drug-likeness (QED) is 0.608. The summed E-state index contributed by atoms with van der Waals surface area (Å²) in [6, 6.07) is 0. The molecule has 0 aliphatic heterocycles. The van der Waals surface area contributed by atoms with Crippen LogP contribution in [0.15, 0.2) is 12.8 Å².